The highest BCUT2D eigenvalue weighted by atomic mass is 16.6. The summed E-state index contributed by atoms with van der Waals surface area (Å²) in [7, 11) is 3.96. The van der Waals surface area contributed by atoms with Gasteiger partial charge in [-0.1, -0.05) is 0 Å². The number of benzene rings is 2. The smallest absolute Gasteiger partial charge is 0.246 e. The second-order valence-electron chi connectivity index (χ2n) is 6.16. The van der Waals surface area contributed by atoms with E-state index < -0.39 is 6.04 Å². The fourth-order valence-corrected chi connectivity index (χ4v) is 2.54. The van der Waals surface area contributed by atoms with Crippen molar-refractivity contribution in [1.82, 2.24) is 0 Å². The minimum Gasteiger partial charge on any atom is -0.486 e. The Bertz CT molecular complexity index is 744. The van der Waals surface area contributed by atoms with E-state index in [1.807, 2.05) is 68.4 Å². The predicted molar refractivity (Wildman–Crippen MR) is 99.9 cm³/mol. The van der Waals surface area contributed by atoms with Crippen LogP contribution in [0.2, 0.25) is 0 Å². The van der Waals surface area contributed by atoms with Gasteiger partial charge in [0.1, 0.15) is 19.3 Å². The molecule has 6 nitrogen and oxygen atoms in total. The van der Waals surface area contributed by atoms with Crippen LogP contribution in [0.1, 0.15) is 6.92 Å². The summed E-state index contributed by atoms with van der Waals surface area (Å²) in [5.41, 5.74) is 2.67. The number of ether oxygens (including phenoxy) is 2. The molecule has 6 heteroatoms. The molecule has 25 heavy (non-hydrogen) atoms. The van der Waals surface area contributed by atoms with Gasteiger partial charge in [-0.15, -0.1) is 0 Å². The van der Waals surface area contributed by atoms with E-state index in [9.17, 15) is 4.79 Å². The van der Waals surface area contributed by atoms with Crippen molar-refractivity contribution in [2.75, 3.05) is 42.8 Å². The van der Waals surface area contributed by atoms with Crippen LogP contribution in [0.4, 0.5) is 17.1 Å². The highest BCUT2D eigenvalue weighted by molar-refractivity contribution is 5.96. The van der Waals surface area contributed by atoms with Crippen molar-refractivity contribution in [3.8, 4) is 11.5 Å². The lowest BCUT2D eigenvalue weighted by atomic mass is 10.2. The molecule has 1 aliphatic heterocycles. The molecule has 0 aliphatic carbocycles. The first-order valence-corrected chi connectivity index (χ1v) is 8.27. The Morgan fingerprint density at radius 3 is 2.32 bits per heavy atom. The zero-order valence-electron chi connectivity index (χ0n) is 14.7. The Balaban J connectivity index is 1.60. The summed E-state index contributed by atoms with van der Waals surface area (Å²) in [5.74, 6) is 1.32. The lowest BCUT2D eigenvalue weighted by molar-refractivity contribution is -0.116. The zero-order chi connectivity index (χ0) is 17.8. The summed E-state index contributed by atoms with van der Waals surface area (Å²) in [5, 5.41) is 6.10. The molecule has 0 saturated carbocycles. The molecule has 1 amide bonds. The summed E-state index contributed by atoms with van der Waals surface area (Å²) in [6.07, 6.45) is 0. The second-order valence-corrected chi connectivity index (χ2v) is 6.16. The molecule has 1 atom stereocenters. The lowest BCUT2D eigenvalue weighted by Crippen LogP contribution is -2.31. The van der Waals surface area contributed by atoms with Gasteiger partial charge in [-0.3, -0.25) is 4.79 Å². The fraction of sp³-hybridized carbons (Fsp3) is 0.316. The first-order valence-electron chi connectivity index (χ1n) is 8.27. The number of rotatable bonds is 5. The average Bonchev–Trinajstić information content (AvgIpc) is 2.62. The van der Waals surface area contributed by atoms with Crippen LogP contribution in [0, 0.1) is 0 Å². The number of anilines is 3. The topological polar surface area (TPSA) is 62.8 Å². The molecule has 0 spiro atoms. The number of amides is 1. The van der Waals surface area contributed by atoms with E-state index >= 15 is 0 Å². The molecule has 1 aliphatic rings. The number of carbonyl (C=O) groups is 1. The van der Waals surface area contributed by atoms with Gasteiger partial charge in [-0.2, -0.15) is 0 Å². The summed E-state index contributed by atoms with van der Waals surface area (Å²) in [6, 6.07) is 12.9. The average molecular weight is 341 g/mol. The minimum atomic E-state index is -0.393. The van der Waals surface area contributed by atoms with Crippen LogP contribution in [0.25, 0.3) is 0 Å². The molecule has 0 unspecified atom stereocenters. The van der Waals surface area contributed by atoms with Gasteiger partial charge < -0.3 is 25.0 Å². The third-order valence-corrected chi connectivity index (χ3v) is 3.97. The zero-order valence-corrected chi connectivity index (χ0v) is 14.7. The van der Waals surface area contributed by atoms with Crippen molar-refractivity contribution >= 4 is 23.0 Å². The molecule has 132 valence electrons. The number of hydrogen-bond donors (Lipinski definition) is 2. The predicted octanol–water partition coefficient (Wildman–Crippen LogP) is 2.96. The first-order chi connectivity index (χ1) is 12.0. The normalized spacial score (nSPS) is 13.7. The monoisotopic (exact) mass is 341 g/mol. The second kappa shape index (κ2) is 7.34. The van der Waals surface area contributed by atoms with Gasteiger partial charge in [0.25, 0.3) is 0 Å². The summed E-state index contributed by atoms with van der Waals surface area (Å²) in [4.78, 5) is 14.4. The van der Waals surface area contributed by atoms with Crippen molar-refractivity contribution in [1.29, 1.82) is 0 Å². The number of carbonyl (C=O) groups excluding carboxylic acids is 1. The van der Waals surface area contributed by atoms with Crippen LogP contribution < -0.4 is 25.0 Å². The van der Waals surface area contributed by atoms with E-state index in [4.69, 9.17) is 9.47 Å². The van der Waals surface area contributed by atoms with Crippen molar-refractivity contribution in [3.63, 3.8) is 0 Å². The Kier molecular flexibility index (Phi) is 4.97. The van der Waals surface area contributed by atoms with Gasteiger partial charge in [0, 0.05) is 37.2 Å². The minimum absolute atomic E-state index is 0.104. The van der Waals surface area contributed by atoms with Gasteiger partial charge in [-0.25, -0.2) is 0 Å². The van der Waals surface area contributed by atoms with Crippen molar-refractivity contribution in [2.24, 2.45) is 0 Å². The molecule has 0 aromatic heterocycles. The summed E-state index contributed by atoms with van der Waals surface area (Å²) >= 11 is 0. The van der Waals surface area contributed by atoms with Crippen LogP contribution >= 0.6 is 0 Å². The van der Waals surface area contributed by atoms with Gasteiger partial charge in [0.05, 0.1) is 0 Å². The number of fused-ring (bicyclic) bond motifs is 1. The van der Waals surface area contributed by atoms with Crippen molar-refractivity contribution in [3.05, 3.63) is 42.5 Å². The Hall–Kier alpha value is -2.89. The first kappa shape index (κ1) is 17.0. The molecule has 0 saturated heterocycles. The molecule has 2 aromatic rings. The SMILES string of the molecule is C[C@@H](Nc1ccc2c(c1)OCCO2)C(=O)Nc1ccc(N(C)C)cc1. The molecule has 2 aromatic carbocycles. The summed E-state index contributed by atoms with van der Waals surface area (Å²) in [6.45, 7) is 2.92. The van der Waals surface area contributed by atoms with Crippen molar-refractivity contribution in [2.45, 2.75) is 13.0 Å². The molecule has 0 fully saturated rings. The van der Waals surface area contributed by atoms with E-state index in [-0.39, 0.29) is 5.91 Å². The molecule has 0 radical (unpaired) electrons. The van der Waals surface area contributed by atoms with Crippen LogP contribution in [-0.2, 0) is 4.79 Å². The maximum Gasteiger partial charge on any atom is 0.246 e. The van der Waals surface area contributed by atoms with Gasteiger partial charge in [-0.05, 0) is 43.3 Å². The van der Waals surface area contributed by atoms with E-state index in [1.54, 1.807) is 0 Å². The quantitative estimate of drug-likeness (QED) is 0.875. The molecule has 1 heterocycles. The van der Waals surface area contributed by atoms with Crippen LogP contribution in [0.5, 0.6) is 11.5 Å². The molecule has 2 N–H and O–H groups in total. The Labute approximate surface area is 147 Å². The largest absolute Gasteiger partial charge is 0.486 e. The highest BCUT2D eigenvalue weighted by Crippen LogP contribution is 2.32. The van der Waals surface area contributed by atoms with E-state index in [0.29, 0.717) is 19.0 Å². The Morgan fingerprint density at radius 1 is 1.00 bits per heavy atom. The lowest BCUT2D eigenvalue weighted by Gasteiger charge is -2.20. The van der Waals surface area contributed by atoms with Crippen LogP contribution in [0.3, 0.4) is 0 Å². The molecule has 3 rings (SSSR count). The molecular weight excluding hydrogens is 318 g/mol. The summed E-state index contributed by atoms with van der Waals surface area (Å²) < 4.78 is 11.1. The van der Waals surface area contributed by atoms with Crippen LogP contribution in [0.15, 0.2) is 42.5 Å². The van der Waals surface area contributed by atoms with E-state index in [2.05, 4.69) is 10.6 Å². The standard InChI is InChI=1S/C19H23N3O3/c1-13(19(23)21-14-4-7-16(8-5-14)22(2)3)20-15-6-9-17-18(12-15)25-11-10-24-17/h4-9,12-13,20H,10-11H2,1-3H3,(H,21,23)/t13-/m1/s1. The Morgan fingerprint density at radius 2 is 1.64 bits per heavy atom. The number of hydrogen-bond acceptors (Lipinski definition) is 5. The highest BCUT2D eigenvalue weighted by Gasteiger charge is 2.16. The van der Waals surface area contributed by atoms with Crippen molar-refractivity contribution < 1.29 is 14.3 Å². The maximum atomic E-state index is 12.4. The van der Waals surface area contributed by atoms with Crippen LogP contribution in [-0.4, -0.2) is 39.3 Å². The number of nitrogens with one attached hydrogen (secondary N) is 2. The van der Waals surface area contributed by atoms with Gasteiger partial charge in [0.2, 0.25) is 5.91 Å². The fourth-order valence-electron chi connectivity index (χ4n) is 2.54. The third-order valence-electron chi connectivity index (χ3n) is 3.97. The molecular formula is C19H23N3O3. The van der Waals surface area contributed by atoms with Gasteiger partial charge >= 0.3 is 0 Å². The van der Waals surface area contributed by atoms with Gasteiger partial charge in [0.15, 0.2) is 11.5 Å². The van der Waals surface area contributed by atoms with E-state index in [0.717, 1.165) is 22.8 Å². The maximum absolute atomic E-state index is 12.4. The van der Waals surface area contributed by atoms with E-state index in [1.165, 1.54) is 0 Å². The molecule has 0 bridgehead atoms. The third kappa shape index (κ3) is 4.15. The number of nitrogens with zero attached hydrogens (tertiary/aromatic N) is 1.